The predicted octanol–water partition coefficient (Wildman–Crippen LogP) is 3.90. The summed E-state index contributed by atoms with van der Waals surface area (Å²) in [5.41, 5.74) is 8.36. The van der Waals surface area contributed by atoms with Crippen LogP contribution in [0.1, 0.15) is 44.4 Å². The molecule has 2 heterocycles. The minimum Gasteiger partial charge on any atom is -0.493 e. The quantitative estimate of drug-likeness (QED) is 0.485. The third-order valence-corrected chi connectivity index (χ3v) is 4.97. The maximum atomic E-state index is 6.13. The van der Waals surface area contributed by atoms with Crippen LogP contribution in [0, 0.1) is 0 Å². The fraction of sp³-hybridized carbons (Fsp3) is 0.400. The Kier molecular flexibility index (Phi) is 5.71. The highest BCUT2D eigenvalue weighted by atomic mass is 32.2. The van der Waals surface area contributed by atoms with Crippen LogP contribution in [-0.4, -0.2) is 22.3 Å². The molecule has 5 nitrogen and oxygen atoms in total. The summed E-state index contributed by atoms with van der Waals surface area (Å²) in [7, 11) is 0. The minimum absolute atomic E-state index is 0.131. The molecule has 26 heavy (non-hydrogen) atoms. The zero-order chi connectivity index (χ0) is 18.6. The number of hydrogen-bond donors (Lipinski definition) is 2. The first-order chi connectivity index (χ1) is 12.4. The molecule has 2 aromatic rings. The van der Waals surface area contributed by atoms with Gasteiger partial charge in [0.1, 0.15) is 5.75 Å². The van der Waals surface area contributed by atoms with E-state index in [2.05, 4.69) is 48.2 Å². The Balaban J connectivity index is 1.64. The molecular weight excluding hydrogens is 344 g/mol. The second kappa shape index (κ2) is 7.99. The largest absolute Gasteiger partial charge is 0.493 e. The number of aliphatic imine (C=N–C) groups is 1. The SMILES string of the molecule is CC(C)(C)Sc1cc(CN=C(N)NC2CCOc3ccccc32)ccn1. The predicted molar refractivity (Wildman–Crippen MR) is 108 cm³/mol. The molecule has 3 N–H and O–H groups in total. The number of rotatable bonds is 4. The van der Waals surface area contributed by atoms with E-state index in [-0.39, 0.29) is 10.8 Å². The number of nitrogens with one attached hydrogen (secondary N) is 1. The first kappa shape index (κ1) is 18.6. The number of aromatic nitrogens is 1. The average molecular weight is 371 g/mol. The van der Waals surface area contributed by atoms with Crippen molar-refractivity contribution in [1.29, 1.82) is 0 Å². The monoisotopic (exact) mass is 370 g/mol. The molecule has 1 aliphatic rings. The fourth-order valence-electron chi connectivity index (χ4n) is 2.81. The van der Waals surface area contributed by atoms with Gasteiger partial charge >= 0.3 is 0 Å². The van der Waals surface area contributed by atoms with Crippen molar-refractivity contribution in [2.75, 3.05) is 6.61 Å². The first-order valence-electron chi connectivity index (χ1n) is 8.83. The number of thioether (sulfide) groups is 1. The van der Waals surface area contributed by atoms with Gasteiger partial charge in [-0.15, -0.1) is 11.8 Å². The summed E-state index contributed by atoms with van der Waals surface area (Å²) in [5, 5.41) is 4.33. The van der Waals surface area contributed by atoms with E-state index >= 15 is 0 Å². The molecule has 1 aromatic carbocycles. The highest BCUT2D eigenvalue weighted by molar-refractivity contribution is 8.00. The second-order valence-corrected chi connectivity index (χ2v) is 9.14. The molecule has 1 aliphatic heterocycles. The number of hydrogen-bond acceptors (Lipinski definition) is 4. The molecule has 138 valence electrons. The van der Waals surface area contributed by atoms with E-state index < -0.39 is 0 Å². The Labute approximate surface area is 159 Å². The highest BCUT2D eigenvalue weighted by Gasteiger charge is 2.21. The lowest BCUT2D eigenvalue weighted by Crippen LogP contribution is -2.37. The number of benzene rings is 1. The maximum absolute atomic E-state index is 6.13. The van der Waals surface area contributed by atoms with Gasteiger partial charge in [0.15, 0.2) is 5.96 Å². The Morgan fingerprint density at radius 3 is 2.96 bits per heavy atom. The number of para-hydroxylation sites is 1. The topological polar surface area (TPSA) is 72.5 Å². The van der Waals surface area contributed by atoms with Crippen LogP contribution in [0.3, 0.4) is 0 Å². The van der Waals surface area contributed by atoms with Crippen LogP contribution >= 0.6 is 11.8 Å². The van der Waals surface area contributed by atoms with Gasteiger partial charge in [-0.3, -0.25) is 0 Å². The zero-order valence-electron chi connectivity index (χ0n) is 15.5. The Bertz CT molecular complexity index is 785. The van der Waals surface area contributed by atoms with Gasteiger partial charge in [0, 0.05) is 22.9 Å². The fourth-order valence-corrected chi connectivity index (χ4v) is 3.76. The van der Waals surface area contributed by atoms with E-state index in [0.717, 1.165) is 28.3 Å². The number of nitrogens with two attached hydrogens (primary N) is 1. The molecular formula is C20H26N4OS. The van der Waals surface area contributed by atoms with E-state index in [1.807, 2.05) is 30.5 Å². The van der Waals surface area contributed by atoms with Crippen LogP contribution in [0.25, 0.3) is 0 Å². The number of pyridine rings is 1. The van der Waals surface area contributed by atoms with Gasteiger partial charge in [0.25, 0.3) is 0 Å². The number of fused-ring (bicyclic) bond motifs is 1. The third kappa shape index (κ3) is 5.14. The van der Waals surface area contributed by atoms with Crippen LogP contribution < -0.4 is 15.8 Å². The Morgan fingerprint density at radius 1 is 1.35 bits per heavy atom. The highest BCUT2D eigenvalue weighted by Crippen LogP contribution is 2.32. The van der Waals surface area contributed by atoms with Crippen molar-refractivity contribution < 1.29 is 4.74 Å². The van der Waals surface area contributed by atoms with Crippen LogP contribution in [0.2, 0.25) is 0 Å². The van der Waals surface area contributed by atoms with Crippen molar-refractivity contribution in [2.45, 2.75) is 49.6 Å². The summed E-state index contributed by atoms with van der Waals surface area (Å²) >= 11 is 1.75. The molecule has 0 saturated carbocycles. The molecule has 0 aliphatic carbocycles. The summed E-state index contributed by atoms with van der Waals surface area (Å²) in [5.74, 6) is 1.37. The molecule has 1 unspecified atom stereocenters. The molecule has 6 heteroatoms. The molecule has 0 spiro atoms. The van der Waals surface area contributed by atoms with E-state index in [4.69, 9.17) is 10.5 Å². The van der Waals surface area contributed by atoms with Gasteiger partial charge in [-0.25, -0.2) is 9.98 Å². The molecule has 3 rings (SSSR count). The zero-order valence-corrected chi connectivity index (χ0v) is 16.3. The lowest BCUT2D eigenvalue weighted by Gasteiger charge is -2.26. The molecule has 0 radical (unpaired) electrons. The van der Waals surface area contributed by atoms with Gasteiger partial charge < -0.3 is 15.8 Å². The van der Waals surface area contributed by atoms with Crippen molar-refractivity contribution in [3.63, 3.8) is 0 Å². The van der Waals surface area contributed by atoms with Gasteiger partial charge in [0.05, 0.1) is 24.2 Å². The molecule has 1 atom stereocenters. The Morgan fingerprint density at radius 2 is 2.15 bits per heavy atom. The van der Waals surface area contributed by atoms with Gasteiger partial charge in [0.2, 0.25) is 0 Å². The lowest BCUT2D eigenvalue weighted by molar-refractivity contribution is 0.262. The van der Waals surface area contributed by atoms with Gasteiger partial charge in [-0.05, 0) is 23.8 Å². The van der Waals surface area contributed by atoms with Crippen molar-refractivity contribution in [1.82, 2.24) is 10.3 Å². The van der Waals surface area contributed by atoms with Crippen molar-refractivity contribution in [3.8, 4) is 5.75 Å². The molecule has 0 fully saturated rings. The normalized spacial score (nSPS) is 17.3. The van der Waals surface area contributed by atoms with Gasteiger partial charge in [-0.2, -0.15) is 0 Å². The van der Waals surface area contributed by atoms with E-state index in [1.54, 1.807) is 11.8 Å². The second-order valence-electron chi connectivity index (χ2n) is 7.29. The summed E-state index contributed by atoms with van der Waals surface area (Å²) in [6.45, 7) is 7.75. The van der Waals surface area contributed by atoms with Crippen molar-refractivity contribution in [3.05, 3.63) is 53.7 Å². The van der Waals surface area contributed by atoms with Crippen LogP contribution in [0.4, 0.5) is 0 Å². The number of guanidine groups is 1. The maximum Gasteiger partial charge on any atom is 0.189 e. The van der Waals surface area contributed by atoms with E-state index in [0.29, 0.717) is 19.1 Å². The van der Waals surface area contributed by atoms with Crippen molar-refractivity contribution in [2.24, 2.45) is 10.7 Å². The summed E-state index contributed by atoms with van der Waals surface area (Å²) in [4.78, 5) is 8.93. The lowest BCUT2D eigenvalue weighted by atomic mass is 10.0. The third-order valence-electron chi connectivity index (χ3n) is 3.92. The molecule has 0 amide bonds. The summed E-state index contributed by atoms with van der Waals surface area (Å²) < 4.78 is 5.82. The van der Waals surface area contributed by atoms with Crippen LogP contribution in [0.5, 0.6) is 5.75 Å². The number of ether oxygens (including phenoxy) is 1. The summed E-state index contributed by atoms with van der Waals surface area (Å²) in [6.07, 6.45) is 2.70. The molecule has 0 bridgehead atoms. The Hall–Kier alpha value is -2.21. The molecule has 0 saturated heterocycles. The van der Waals surface area contributed by atoms with E-state index in [9.17, 15) is 0 Å². The first-order valence-corrected chi connectivity index (χ1v) is 9.64. The number of nitrogens with zero attached hydrogens (tertiary/aromatic N) is 2. The molecule has 1 aromatic heterocycles. The minimum atomic E-state index is 0.131. The summed E-state index contributed by atoms with van der Waals surface area (Å²) in [6, 6.07) is 12.2. The average Bonchev–Trinajstić information content (AvgIpc) is 2.59. The van der Waals surface area contributed by atoms with E-state index in [1.165, 1.54) is 0 Å². The van der Waals surface area contributed by atoms with Crippen LogP contribution in [0.15, 0.2) is 52.6 Å². The van der Waals surface area contributed by atoms with Gasteiger partial charge in [-0.1, -0.05) is 39.0 Å². The van der Waals surface area contributed by atoms with Crippen LogP contribution in [-0.2, 0) is 6.54 Å². The smallest absolute Gasteiger partial charge is 0.189 e. The standard InChI is InChI=1S/C20H26N4OS/c1-20(2,3)26-18-12-14(8-10-22-18)13-23-19(21)24-16-9-11-25-17-7-5-4-6-15(16)17/h4-8,10,12,16H,9,11,13H2,1-3H3,(H3,21,23,24). The van der Waals surface area contributed by atoms with Crippen molar-refractivity contribution >= 4 is 17.7 Å².